The monoisotopic (exact) mass is 269 g/mol. The summed E-state index contributed by atoms with van der Waals surface area (Å²) in [5.41, 5.74) is 0.797. The third kappa shape index (κ3) is 3.23. The van der Waals surface area contributed by atoms with Gasteiger partial charge in [-0.25, -0.2) is 0 Å². The van der Waals surface area contributed by atoms with Crippen LogP contribution in [0.5, 0.6) is 0 Å². The number of hydrogen-bond acceptors (Lipinski definition) is 3. The minimum absolute atomic E-state index is 0.222. The fourth-order valence-corrected chi connectivity index (χ4v) is 2.55. The molecule has 1 aliphatic rings. The van der Waals surface area contributed by atoms with Crippen molar-refractivity contribution in [1.29, 1.82) is 0 Å². The van der Waals surface area contributed by atoms with Crippen molar-refractivity contribution in [2.75, 3.05) is 19.7 Å². The Balaban J connectivity index is 2.02. The zero-order valence-corrected chi connectivity index (χ0v) is 11.6. The summed E-state index contributed by atoms with van der Waals surface area (Å²) in [4.78, 5) is 2.25. The summed E-state index contributed by atoms with van der Waals surface area (Å²) in [6.45, 7) is 6.34. The Morgan fingerprint density at radius 2 is 2.17 bits per heavy atom. The van der Waals surface area contributed by atoms with Crippen molar-refractivity contribution < 1.29 is 9.84 Å². The molecule has 0 radical (unpaired) electrons. The number of hydrogen-bond donors (Lipinski definition) is 1. The van der Waals surface area contributed by atoms with Crippen LogP contribution in [0.3, 0.4) is 0 Å². The van der Waals surface area contributed by atoms with Crippen LogP contribution in [0.25, 0.3) is 0 Å². The third-order valence-corrected chi connectivity index (χ3v) is 3.75. The van der Waals surface area contributed by atoms with Gasteiger partial charge in [0.15, 0.2) is 0 Å². The number of morpholine rings is 1. The Hall–Kier alpha value is -0.610. The lowest BCUT2D eigenvalue weighted by atomic mass is 10.1. The van der Waals surface area contributed by atoms with Crippen LogP contribution < -0.4 is 0 Å². The molecule has 1 saturated heterocycles. The average Bonchev–Trinajstić information content (AvgIpc) is 2.34. The van der Waals surface area contributed by atoms with Crippen molar-refractivity contribution in [1.82, 2.24) is 4.90 Å². The topological polar surface area (TPSA) is 32.7 Å². The molecule has 3 nitrogen and oxygen atoms in total. The Morgan fingerprint density at radius 3 is 2.89 bits per heavy atom. The van der Waals surface area contributed by atoms with Gasteiger partial charge in [-0.3, -0.25) is 4.90 Å². The first-order chi connectivity index (χ1) is 8.58. The zero-order chi connectivity index (χ0) is 13.1. The molecule has 18 heavy (non-hydrogen) atoms. The van der Waals surface area contributed by atoms with Crippen LogP contribution in [0.2, 0.25) is 5.02 Å². The Morgan fingerprint density at radius 1 is 1.44 bits per heavy atom. The number of aliphatic hydroxyl groups excluding tert-OH is 1. The Labute approximate surface area is 113 Å². The van der Waals surface area contributed by atoms with Crippen molar-refractivity contribution in [3.8, 4) is 0 Å². The van der Waals surface area contributed by atoms with Gasteiger partial charge in [-0.15, -0.1) is 0 Å². The largest absolute Gasteiger partial charge is 0.387 e. The van der Waals surface area contributed by atoms with E-state index in [1.54, 1.807) is 0 Å². The van der Waals surface area contributed by atoms with Crippen LogP contribution in [0.15, 0.2) is 24.3 Å². The summed E-state index contributed by atoms with van der Waals surface area (Å²) >= 11 is 6.10. The van der Waals surface area contributed by atoms with E-state index < -0.39 is 6.10 Å². The number of benzene rings is 1. The van der Waals surface area contributed by atoms with Crippen LogP contribution in [0.1, 0.15) is 25.5 Å². The summed E-state index contributed by atoms with van der Waals surface area (Å²) in [6.07, 6.45) is -0.328. The van der Waals surface area contributed by atoms with Crippen LogP contribution in [-0.2, 0) is 4.74 Å². The minimum Gasteiger partial charge on any atom is -0.387 e. The quantitative estimate of drug-likeness (QED) is 0.915. The molecule has 0 saturated carbocycles. The van der Waals surface area contributed by atoms with E-state index in [0.29, 0.717) is 17.6 Å². The standard InChI is InChI=1S/C14H20ClNO2/c1-10-9-18-11(2)7-16(10)8-14(17)12-5-3-4-6-13(12)15/h3-6,10-11,14,17H,7-9H2,1-2H3. The van der Waals surface area contributed by atoms with Gasteiger partial charge in [-0.05, 0) is 19.9 Å². The van der Waals surface area contributed by atoms with Crippen molar-refractivity contribution in [2.24, 2.45) is 0 Å². The molecule has 2 rings (SSSR count). The molecular weight excluding hydrogens is 250 g/mol. The first-order valence-electron chi connectivity index (χ1n) is 6.36. The van der Waals surface area contributed by atoms with Crippen molar-refractivity contribution in [2.45, 2.75) is 32.1 Å². The first-order valence-corrected chi connectivity index (χ1v) is 6.74. The van der Waals surface area contributed by atoms with Gasteiger partial charge in [-0.1, -0.05) is 29.8 Å². The molecular formula is C14H20ClNO2. The maximum Gasteiger partial charge on any atom is 0.0931 e. The molecule has 0 bridgehead atoms. The van der Waals surface area contributed by atoms with Crippen LogP contribution in [0, 0.1) is 0 Å². The van der Waals surface area contributed by atoms with E-state index in [0.717, 1.165) is 18.7 Å². The zero-order valence-electron chi connectivity index (χ0n) is 10.8. The van der Waals surface area contributed by atoms with E-state index in [9.17, 15) is 5.11 Å². The maximum absolute atomic E-state index is 10.3. The number of nitrogens with zero attached hydrogens (tertiary/aromatic N) is 1. The Kier molecular flexibility index (Phi) is 4.62. The smallest absolute Gasteiger partial charge is 0.0931 e. The second-order valence-corrected chi connectivity index (χ2v) is 5.39. The second kappa shape index (κ2) is 6.02. The summed E-state index contributed by atoms with van der Waals surface area (Å²) in [5.74, 6) is 0. The highest BCUT2D eigenvalue weighted by atomic mass is 35.5. The van der Waals surface area contributed by atoms with Gasteiger partial charge in [0.25, 0.3) is 0 Å². The van der Waals surface area contributed by atoms with Crippen molar-refractivity contribution in [3.05, 3.63) is 34.9 Å². The fourth-order valence-electron chi connectivity index (χ4n) is 2.29. The second-order valence-electron chi connectivity index (χ2n) is 4.98. The van der Waals surface area contributed by atoms with E-state index in [1.165, 1.54) is 0 Å². The van der Waals surface area contributed by atoms with E-state index in [4.69, 9.17) is 16.3 Å². The lowest BCUT2D eigenvalue weighted by molar-refractivity contribution is -0.0619. The summed E-state index contributed by atoms with van der Waals surface area (Å²) in [5, 5.41) is 10.9. The molecule has 3 unspecified atom stereocenters. The van der Waals surface area contributed by atoms with Gasteiger partial charge in [0, 0.05) is 29.7 Å². The molecule has 3 atom stereocenters. The molecule has 0 spiro atoms. The molecule has 0 aliphatic carbocycles. The fraction of sp³-hybridized carbons (Fsp3) is 0.571. The van der Waals surface area contributed by atoms with Gasteiger partial charge < -0.3 is 9.84 Å². The molecule has 4 heteroatoms. The van der Waals surface area contributed by atoms with Crippen molar-refractivity contribution in [3.63, 3.8) is 0 Å². The SMILES string of the molecule is CC1CN(CC(O)c2ccccc2Cl)C(C)CO1. The highest BCUT2D eigenvalue weighted by molar-refractivity contribution is 6.31. The molecule has 1 fully saturated rings. The number of halogens is 1. The number of β-amino-alcohol motifs (C(OH)–C–C–N with tert-alkyl or cyclic N) is 1. The molecule has 0 aromatic heterocycles. The van der Waals surface area contributed by atoms with Gasteiger partial charge in [0.05, 0.1) is 18.8 Å². The molecule has 0 amide bonds. The predicted molar refractivity (Wildman–Crippen MR) is 72.9 cm³/mol. The molecule has 1 N–H and O–H groups in total. The summed E-state index contributed by atoms with van der Waals surface area (Å²) < 4.78 is 5.58. The molecule has 1 heterocycles. The highest BCUT2D eigenvalue weighted by Gasteiger charge is 2.26. The first kappa shape index (κ1) is 13.8. The number of rotatable bonds is 3. The van der Waals surface area contributed by atoms with Crippen LogP contribution in [-0.4, -0.2) is 41.8 Å². The molecule has 1 aromatic carbocycles. The number of ether oxygens (including phenoxy) is 1. The van der Waals surface area contributed by atoms with E-state index in [2.05, 4.69) is 18.7 Å². The lowest BCUT2D eigenvalue weighted by Crippen LogP contribution is -2.48. The summed E-state index contributed by atoms with van der Waals surface area (Å²) in [6, 6.07) is 7.79. The molecule has 100 valence electrons. The van der Waals surface area contributed by atoms with Gasteiger partial charge in [0.2, 0.25) is 0 Å². The Bertz CT molecular complexity index is 399. The highest BCUT2D eigenvalue weighted by Crippen LogP contribution is 2.24. The lowest BCUT2D eigenvalue weighted by Gasteiger charge is -2.37. The van der Waals surface area contributed by atoms with E-state index in [-0.39, 0.29) is 6.10 Å². The van der Waals surface area contributed by atoms with Gasteiger partial charge in [0.1, 0.15) is 0 Å². The third-order valence-electron chi connectivity index (χ3n) is 3.41. The summed E-state index contributed by atoms with van der Waals surface area (Å²) in [7, 11) is 0. The van der Waals surface area contributed by atoms with Crippen molar-refractivity contribution >= 4 is 11.6 Å². The minimum atomic E-state index is -0.550. The van der Waals surface area contributed by atoms with Crippen LogP contribution in [0.4, 0.5) is 0 Å². The van der Waals surface area contributed by atoms with E-state index >= 15 is 0 Å². The normalized spacial score (nSPS) is 27.1. The van der Waals surface area contributed by atoms with Crippen LogP contribution >= 0.6 is 11.6 Å². The number of aliphatic hydroxyl groups is 1. The van der Waals surface area contributed by atoms with E-state index in [1.807, 2.05) is 24.3 Å². The average molecular weight is 270 g/mol. The molecule has 1 aromatic rings. The van der Waals surface area contributed by atoms with Gasteiger partial charge in [-0.2, -0.15) is 0 Å². The molecule has 1 aliphatic heterocycles. The predicted octanol–water partition coefficient (Wildman–Crippen LogP) is 2.48. The maximum atomic E-state index is 10.3. The van der Waals surface area contributed by atoms with Gasteiger partial charge >= 0.3 is 0 Å².